The molecule has 0 aliphatic rings. The van der Waals surface area contributed by atoms with Gasteiger partial charge in [-0.2, -0.15) is 0 Å². The summed E-state index contributed by atoms with van der Waals surface area (Å²) in [6, 6.07) is 5.27. The molecule has 4 nitrogen and oxygen atoms in total. The molecule has 2 N–H and O–H groups in total. The van der Waals surface area contributed by atoms with Crippen molar-refractivity contribution >= 4 is 33.0 Å². The molecule has 0 heterocycles. The van der Waals surface area contributed by atoms with Gasteiger partial charge in [0, 0.05) is 6.04 Å². The van der Waals surface area contributed by atoms with Crippen LogP contribution in [0.2, 0.25) is 5.02 Å². The van der Waals surface area contributed by atoms with Crippen molar-refractivity contribution in [3.63, 3.8) is 0 Å². The molecule has 0 bridgehead atoms. The molecule has 0 saturated heterocycles. The molecule has 17 heavy (non-hydrogen) atoms. The van der Waals surface area contributed by atoms with Gasteiger partial charge in [0.15, 0.2) is 0 Å². The Morgan fingerprint density at radius 2 is 2.06 bits per heavy atom. The zero-order valence-electron chi connectivity index (χ0n) is 10.1. The van der Waals surface area contributed by atoms with Crippen LogP contribution in [0.5, 0.6) is 0 Å². The second-order valence-electron chi connectivity index (χ2n) is 4.02. The van der Waals surface area contributed by atoms with E-state index in [-0.39, 0.29) is 6.04 Å². The lowest BCUT2D eigenvalue weighted by molar-refractivity contribution is 0.607. The van der Waals surface area contributed by atoms with Crippen molar-refractivity contribution < 1.29 is 8.42 Å². The lowest BCUT2D eigenvalue weighted by Gasteiger charge is -2.15. The molecular weight excluding hydrogens is 260 g/mol. The van der Waals surface area contributed by atoms with E-state index in [4.69, 9.17) is 11.6 Å². The maximum atomic E-state index is 11.1. The molecule has 0 amide bonds. The van der Waals surface area contributed by atoms with Gasteiger partial charge in [0.05, 0.1) is 22.7 Å². The highest BCUT2D eigenvalue weighted by molar-refractivity contribution is 7.92. The Labute approximate surface area is 107 Å². The van der Waals surface area contributed by atoms with Crippen molar-refractivity contribution in [2.24, 2.45) is 0 Å². The van der Waals surface area contributed by atoms with Crippen LogP contribution in [-0.4, -0.2) is 20.7 Å². The zero-order chi connectivity index (χ0) is 13.1. The molecule has 0 spiro atoms. The number of anilines is 2. The van der Waals surface area contributed by atoms with Gasteiger partial charge in [0.1, 0.15) is 0 Å². The minimum Gasteiger partial charge on any atom is -0.381 e. The number of hydrogen-bond acceptors (Lipinski definition) is 3. The molecule has 1 atom stereocenters. The smallest absolute Gasteiger partial charge is 0.229 e. The first-order chi connectivity index (χ1) is 7.81. The standard InChI is InChI=1S/C11H17ClN2O2S/c1-4-8(2)13-11-7-9(5-6-10(11)12)14-17(3,15)16/h5-8,13-14H,4H2,1-3H3. The molecule has 6 heteroatoms. The van der Waals surface area contributed by atoms with Crippen molar-refractivity contribution in [2.75, 3.05) is 16.3 Å². The first-order valence-corrected chi connectivity index (χ1v) is 7.62. The molecule has 0 aromatic heterocycles. The number of benzene rings is 1. The fourth-order valence-corrected chi connectivity index (χ4v) is 2.01. The van der Waals surface area contributed by atoms with Crippen LogP contribution in [0.4, 0.5) is 11.4 Å². The van der Waals surface area contributed by atoms with Crippen LogP contribution in [0.25, 0.3) is 0 Å². The lowest BCUT2D eigenvalue weighted by Crippen LogP contribution is -2.14. The second kappa shape index (κ2) is 5.60. The van der Waals surface area contributed by atoms with Crippen molar-refractivity contribution in [1.82, 2.24) is 0 Å². The van der Waals surface area contributed by atoms with Gasteiger partial charge >= 0.3 is 0 Å². The summed E-state index contributed by atoms with van der Waals surface area (Å²) in [5.41, 5.74) is 1.23. The van der Waals surface area contributed by atoms with Crippen molar-refractivity contribution in [2.45, 2.75) is 26.3 Å². The number of sulfonamides is 1. The number of rotatable bonds is 5. The first kappa shape index (κ1) is 14.1. The fraction of sp³-hybridized carbons (Fsp3) is 0.455. The monoisotopic (exact) mass is 276 g/mol. The minimum atomic E-state index is -3.26. The molecule has 0 radical (unpaired) electrons. The van der Waals surface area contributed by atoms with Crippen LogP contribution in [0.15, 0.2) is 18.2 Å². The van der Waals surface area contributed by atoms with Gasteiger partial charge in [0.2, 0.25) is 10.0 Å². The average molecular weight is 277 g/mol. The Morgan fingerprint density at radius 3 is 2.59 bits per heavy atom. The van der Waals surface area contributed by atoms with Gasteiger partial charge in [-0.3, -0.25) is 4.72 Å². The van der Waals surface area contributed by atoms with E-state index in [2.05, 4.69) is 17.0 Å². The van der Waals surface area contributed by atoms with Gasteiger partial charge in [-0.15, -0.1) is 0 Å². The number of hydrogen-bond donors (Lipinski definition) is 2. The summed E-state index contributed by atoms with van der Waals surface area (Å²) in [7, 11) is -3.26. The van der Waals surface area contributed by atoms with E-state index in [1.165, 1.54) is 0 Å². The van der Waals surface area contributed by atoms with Gasteiger partial charge < -0.3 is 5.32 Å². The normalized spacial score (nSPS) is 13.2. The van der Waals surface area contributed by atoms with Crippen molar-refractivity contribution in [3.8, 4) is 0 Å². The van der Waals surface area contributed by atoms with Gasteiger partial charge in [-0.1, -0.05) is 18.5 Å². The van der Waals surface area contributed by atoms with Gasteiger partial charge in [-0.05, 0) is 31.5 Å². The molecule has 0 saturated carbocycles. The predicted molar refractivity (Wildman–Crippen MR) is 73.3 cm³/mol. The van der Waals surface area contributed by atoms with E-state index in [9.17, 15) is 8.42 Å². The Balaban J connectivity index is 2.94. The Hall–Kier alpha value is -0.940. The van der Waals surface area contributed by atoms with Gasteiger partial charge in [0.25, 0.3) is 0 Å². The Bertz CT molecular complexity index is 488. The van der Waals surface area contributed by atoms with Crippen LogP contribution in [0.1, 0.15) is 20.3 Å². The summed E-state index contributed by atoms with van der Waals surface area (Å²) in [6.07, 6.45) is 2.07. The topological polar surface area (TPSA) is 58.2 Å². The summed E-state index contributed by atoms with van der Waals surface area (Å²) in [5, 5.41) is 3.79. The van der Waals surface area contributed by atoms with Crippen LogP contribution >= 0.6 is 11.6 Å². The highest BCUT2D eigenvalue weighted by atomic mass is 35.5. The van der Waals surface area contributed by atoms with E-state index < -0.39 is 10.0 Å². The molecule has 1 unspecified atom stereocenters. The largest absolute Gasteiger partial charge is 0.381 e. The minimum absolute atomic E-state index is 0.279. The van der Waals surface area contributed by atoms with Crippen molar-refractivity contribution in [3.05, 3.63) is 23.2 Å². The average Bonchev–Trinajstić information content (AvgIpc) is 2.20. The van der Waals surface area contributed by atoms with E-state index in [1.54, 1.807) is 18.2 Å². The Morgan fingerprint density at radius 1 is 1.41 bits per heavy atom. The summed E-state index contributed by atoms with van der Waals surface area (Å²) < 4.78 is 24.6. The van der Waals surface area contributed by atoms with E-state index in [0.29, 0.717) is 10.7 Å². The lowest BCUT2D eigenvalue weighted by atomic mass is 10.2. The predicted octanol–water partition coefficient (Wildman–Crippen LogP) is 2.92. The fourth-order valence-electron chi connectivity index (χ4n) is 1.28. The van der Waals surface area contributed by atoms with Gasteiger partial charge in [-0.25, -0.2) is 8.42 Å². The first-order valence-electron chi connectivity index (χ1n) is 5.35. The number of nitrogens with one attached hydrogen (secondary N) is 2. The molecule has 1 rings (SSSR count). The molecule has 96 valence electrons. The van der Waals surface area contributed by atoms with E-state index in [1.807, 2.05) is 6.92 Å². The van der Waals surface area contributed by atoms with E-state index in [0.717, 1.165) is 18.4 Å². The van der Waals surface area contributed by atoms with Crippen LogP contribution in [0, 0.1) is 0 Å². The molecule has 0 aliphatic carbocycles. The molecular formula is C11H17ClN2O2S. The Kier molecular flexibility index (Phi) is 4.65. The summed E-state index contributed by atoms with van der Waals surface area (Å²) in [5.74, 6) is 0. The van der Waals surface area contributed by atoms with Crippen LogP contribution < -0.4 is 10.0 Å². The molecule has 0 aliphatic heterocycles. The second-order valence-corrected chi connectivity index (χ2v) is 6.18. The molecule has 1 aromatic carbocycles. The van der Waals surface area contributed by atoms with E-state index >= 15 is 0 Å². The third-order valence-corrected chi connectivity index (χ3v) is 3.22. The third-order valence-electron chi connectivity index (χ3n) is 2.28. The highest BCUT2D eigenvalue weighted by Gasteiger charge is 2.07. The highest BCUT2D eigenvalue weighted by Crippen LogP contribution is 2.26. The van der Waals surface area contributed by atoms with Crippen molar-refractivity contribution in [1.29, 1.82) is 0 Å². The summed E-state index contributed by atoms with van der Waals surface area (Å²) >= 11 is 6.03. The molecule has 0 fully saturated rings. The maximum Gasteiger partial charge on any atom is 0.229 e. The SMILES string of the molecule is CCC(C)Nc1cc(NS(C)(=O)=O)ccc1Cl. The summed E-state index contributed by atoms with van der Waals surface area (Å²) in [6.45, 7) is 4.09. The number of halogens is 1. The summed E-state index contributed by atoms with van der Waals surface area (Å²) in [4.78, 5) is 0. The van der Waals surface area contributed by atoms with Crippen LogP contribution in [-0.2, 0) is 10.0 Å². The zero-order valence-corrected chi connectivity index (χ0v) is 11.7. The van der Waals surface area contributed by atoms with Crippen LogP contribution in [0.3, 0.4) is 0 Å². The maximum absolute atomic E-state index is 11.1. The third kappa shape index (κ3) is 4.83. The molecule has 1 aromatic rings. The quantitative estimate of drug-likeness (QED) is 0.869.